The smallest absolute Gasteiger partial charge is 0.407 e. The van der Waals surface area contributed by atoms with E-state index in [-0.39, 0.29) is 12.6 Å². The van der Waals surface area contributed by atoms with Gasteiger partial charge >= 0.3 is 12.1 Å². The molecule has 24 heavy (non-hydrogen) atoms. The van der Waals surface area contributed by atoms with Gasteiger partial charge in [0.1, 0.15) is 12.2 Å². The number of halogens is 1. The Balaban J connectivity index is 2.61. The van der Waals surface area contributed by atoms with Crippen molar-refractivity contribution in [2.75, 3.05) is 11.9 Å². The number of hydrogen-bond acceptors (Lipinski definition) is 4. The van der Waals surface area contributed by atoms with Crippen molar-refractivity contribution in [3.05, 3.63) is 35.9 Å². The van der Waals surface area contributed by atoms with Gasteiger partial charge in [-0.2, -0.15) is 0 Å². The quantitative estimate of drug-likeness (QED) is 0.552. The van der Waals surface area contributed by atoms with Crippen LogP contribution in [-0.4, -0.2) is 35.6 Å². The van der Waals surface area contributed by atoms with Crippen molar-refractivity contribution in [1.82, 2.24) is 5.32 Å². The molecule has 0 saturated carbocycles. The molecule has 1 aromatic carbocycles. The van der Waals surface area contributed by atoms with Crippen LogP contribution in [0.1, 0.15) is 44.5 Å². The Labute approximate surface area is 152 Å². The van der Waals surface area contributed by atoms with Crippen LogP contribution in [0, 0.1) is 5.92 Å². The molecule has 0 aliphatic heterocycles. The number of hydrogen-bond donors (Lipinski definition) is 1. The molecule has 6 heteroatoms. The molecule has 0 heterocycles. The van der Waals surface area contributed by atoms with E-state index in [1.165, 1.54) is 0 Å². The standard InChI is InChI=1S/C18H26BrNO4/c1-13(11-19)10-15(20-17(22)24-18(2,3)4)12-23-16(21)14-8-6-5-7-9-14/h5-9,13,15H,10-12H2,1-4H3,(H,20,22)/t13-,15+/m1/s1. The first-order valence-corrected chi connectivity index (χ1v) is 9.11. The SMILES string of the molecule is C[C@@H](CBr)C[C@@H](COC(=O)c1ccccc1)NC(=O)OC(C)(C)C. The molecule has 2 atom stereocenters. The third-order valence-corrected chi connectivity index (χ3v) is 4.20. The molecule has 1 N–H and O–H groups in total. The fourth-order valence-electron chi connectivity index (χ4n) is 2.03. The Morgan fingerprint density at radius 2 is 1.83 bits per heavy atom. The lowest BCUT2D eigenvalue weighted by atomic mass is 10.0. The Kier molecular flexibility index (Phi) is 8.25. The zero-order valence-corrected chi connectivity index (χ0v) is 16.3. The Morgan fingerprint density at radius 1 is 1.21 bits per heavy atom. The minimum atomic E-state index is -0.573. The number of amides is 1. The summed E-state index contributed by atoms with van der Waals surface area (Å²) >= 11 is 3.42. The predicted octanol–water partition coefficient (Wildman–Crippen LogP) is 4.16. The lowest BCUT2D eigenvalue weighted by molar-refractivity contribution is 0.0356. The van der Waals surface area contributed by atoms with Gasteiger partial charge in [0.2, 0.25) is 0 Å². The molecule has 0 unspecified atom stereocenters. The second-order valence-electron chi connectivity index (χ2n) is 6.80. The molecule has 134 valence electrons. The highest BCUT2D eigenvalue weighted by Crippen LogP contribution is 2.12. The molecule has 1 amide bonds. The maximum absolute atomic E-state index is 12.0. The van der Waals surface area contributed by atoms with E-state index in [0.717, 1.165) is 5.33 Å². The van der Waals surface area contributed by atoms with Crippen molar-refractivity contribution in [3.8, 4) is 0 Å². The van der Waals surface area contributed by atoms with E-state index < -0.39 is 17.7 Å². The molecular weight excluding hydrogens is 374 g/mol. The number of benzene rings is 1. The molecule has 0 fully saturated rings. The third kappa shape index (κ3) is 8.34. The van der Waals surface area contributed by atoms with E-state index in [4.69, 9.17) is 9.47 Å². The number of esters is 1. The van der Waals surface area contributed by atoms with Crippen molar-refractivity contribution >= 4 is 28.0 Å². The Hall–Kier alpha value is -1.56. The largest absolute Gasteiger partial charge is 0.460 e. The van der Waals surface area contributed by atoms with Crippen molar-refractivity contribution in [2.24, 2.45) is 5.92 Å². The highest BCUT2D eigenvalue weighted by atomic mass is 79.9. The first-order valence-electron chi connectivity index (χ1n) is 7.99. The van der Waals surface area contributed by atoms with E-state index in [0.29, 0.717) is 17.9 Å². The Morgan fingerprint density at radius 3 is 2.38 bits per heavy atom. The van der Waals surface area contributed by atoms with Crippen LogP contribution in [0.3, 0.4) is 0 Å². The van der Waals surface area contributed by atoms with E-state index in [1.54, 1.807) is 45.0 Å². The molecule has 0 aromatic heterocycles. The summed E-state index contributed by atoms with van der Waals surface area (Å²) in [5.41, 5.74) is -0.0850. The van der Waals surface area contributed by atoms with Gasteiger partial charge in [-0.15, -0.1) is 0 Å². The number of rotatable bonds is 7. The van der Waals surface area contributed by atoms with Gasteiger partial charge in [-0.05, 0) is 45.2 Å². The highest BCUT2D eigenvalue weighted by Gasteiger charge is 2.22. The second kappa shape index (κ2) is 9.67. The van der Waals surface area contributed by atoms with Crippen LogP contribution in [-0.2, 0) is 9.47 Å². The number of carbonyl (C=O) groups excluding carboxylic acids is 2. The van der Waals surface area contributed by atoms with E-state index in [2.05, 4.69) is 28.2 Å². The molecular formula is C18H26BrNO4. The van der Waals surface area contributed by atoms with Crippen molar-refractivity contribution in [3.63, 3.8) is 0 Å². The van der Waals surface area contributed by atoms with Crippen molar-refractivity contribution < 1.29 is 19.1 Å². The maximum atomic E-state index is 12.0. The summed E-state index contributed by atoms with van der Waals surface area (Å²) in [4.78, 5) is 24.0. The first kappa shape index (κ1) is 20.5. The van der Waals surface area contributed by atoms with E-state index in [9.17, 15) is 9.59 Å². The average molecular weight is 400 g/mol. The van der Waals surface area contributed by atoms with Gasteiger partial charge in [-0.3, -0.25) is 0 Å². The molecule has 0 spiro atoms. The van der Waals surface area contributed by atoms with E-state index in [1.807, 2.05) is 6.07 Å². The molecule has 0 bridgehead atoms. The van der Waals surface area contributed by atoms with Crippen LogP contribution in [0.25, 0.3) is 0 Å². The Bertz CT molecular complexity index is 528. The average Bonchev–Trinajstić information content (AvgIpc) is 2.51. The van der Waals surface area contributed by atoms with Crippen LogP contribution in [0.4, 0.5) is 4.79 Å². The predicted molar refractivity (Wildman–Crippen MR) is 97.5 cm³/mol. The van der Waals surface area contributed by atoms with Gasteiger partial charge in [0, 0.05) is 5.33 Å². The third-order valence-electron chi connectivity index (χ3n) is 3.10. The summed E-state index contributed by atoms with van der Waals surface area (Å²) < 4.78 is 10.6. The van der Waals surface area contributed by atoms with Gasteiger partial charge in [-0.25, -0.2) is 9.59 Å². The molecule has 0 radical (unpaired) electrons. The fraction of sp³-hybridized carbons (Fsp3) is 0.556. The molecule has 0 saturated heterocycles. The minimum Gasteiger partial charge on any atom is -0.460 e. The van der Waals surface area contributed by atoms with Gasteiger partial charge in [0.25, 0.3) is 0 Å². The summed E-state index contributed by atoms with van der Waals surface area (Å²) in [5, 5.41) is 3.58. The van der Waals surface area contributed by atoms with Gasteiger partial charge in [-0.1, -0.05) is 41.1 Å². The molecule has 1 rings (SSSR count). The van der Waals surface area contributed by atoms with Crippen molar-refractivity contribution in [1.29, 1.82) is 0 Å². The second-order valence-corrected chi connectivity index (χ2v) is 7.45. The van der Waals surface area contributed by atoms with Crippen LogP contribution in [0.5, 0.6) is 0 Å². The zero-order chi connectivity index (χ0) is 18.2. The van der Waals surface area contributed by atoms with Crippen LogP contribution < -0.4 is 5.32 Å². The molecule has 0 aliphatic carbocycles. The monoisotopic (exact) mass is 399 g/mol. The topological polar surface area (TPSA) is 64.6 Å². The van der Waals surface area contributed by atoms with E-state index >= 15 is 0 Å². The summed E-state index contributed by atoms with van der Waals surface area (Å²) in [6.07, 6.45) is 0.164. The van der Waals surface area contributed by atoms with Gasteiger partial charge in [0.05, 0.1) is 11.6 Å². The summed E-state index contributed by atoms with van der Waals surface area (Å²) in [6, 6.07) is 8.47. The zero-order valence-electron chi connectivity index (χ0n) is 14.7. The fourth-order valence-corrected chi connectivity index (χ4v) is 2.29. The number of nitrogens with one attached hydrogen (secondary N) is 1. The summed E-state index contributed by atoms with van der Waals surface area (Å²) in [5.74, 6) is -0.0848. The normalized spacial score (nSPS) is 13.7. The van der Waals surface area contributed by atoms with Crippen LogP contribution in [0.15, 0.2) is 30.3 Å². The summed E-state index contributed by atoms with van der Waals surface area (Å²) in [6.45, 7) is 7.57. The minimum absolute atomic E-state index is 0.101. The summed E-state index contributed by atoms with van der Waals surface area (Å²) in [7, 11) is 0. The van der Waals surface area contributed by atoms with Crippen molar-refractivity contribution in [2.45, 2.75) is 45.8 Å². The van der Waals surface area contributed by atoms with Crippen LogP contribution >= 0.6 is 15.9 Å². The molecule has 5 nitrogen and oxygen atoms in total. The number of alkyl carbamates (subject to hydrolysis) is 1. The lowest BCUT2D eigenvalue weighted by Gasteiger charge is -2.24. The van der Waals surface area contributed by atoms with Gasteiger partial charge < -0.3 is 14.8 Å². The van der Waals surface area contributed by atoms with Gasteiger partial charge in [0.15, 0.2) is 0 Å². The molecule has 1 aromatic rings. The lowest BCUT2D eigenvalue weighted by Crippen LogP contribution is -2.42. The maximum Gasteiger partial charge on any atom is 0.407 e. The highest BCUT2D eigenvalue weighted by molar-refractivity contribution is 9.09. The first-order chi connectivity index (χ1) is 11.2. The number of carbonyl (C=O) groups is 2. The number of alkyl halides is 1. The van der Waals surface area contributed by atoms with Crippen LogP contribution in [0.2, 0.25) is 0 Å². The molecule has 0 aliphatic rings. The number of ether oxygens (including phenoxy) is 2.